The van der Waals surface area contributed by atoms with Crippen LogP contribution >= 0.6 is 11.3 Å². The summed E-state index contributed by atoms with van der Waals surface area (Å²) in [7, 11) is 0. The first-order valence-corrected chi connectivity index (χ1v) is 9.82. The number of hydrogen-bond acceptors (Lipinski definition) is 4. The van der Waals surface area contributed by atoms with Crippen LogP contribution in [-0.4, -0.2) is 19.6 Å². The number of nitrogens with zero attached hydrogens (tertiary/aromatic N) is 4. The number of aryl methyl sites for hydroxylation is 1. The first-order valence-electron chi connectivity index (χ1n) is 8.94. The summed E-state index contributed by atoms with van der Waals surface area (Å²) in [5.41, 5.74) is 3.24. The fraction of sp³-hybridized carbons (Fsp3) is 0.286. The average Bonchev–Trinajstić information content (AvgIpc) is 3.28. The molecule has 0 aliphatic rings. The molecule has 3 aromatic heterocycles. The van der Waals surface area contributed by atoms with Crippen molar-refractivity contribution in [2.75, 3.05) is 0 Å². The van der Waals surface area contributed by atoms with Crippen molar-refractivity contribution in [2.24, 2.45) is 0 Å². The van der Waals surface area contributed by atoms with Gasteiger partial charge in [-0.25, -0.2) is 4.68 Å². The molecule has 27 heavy (non-hydrogen) atoms. The summed E-state index contributed by atoms with van der Waals surface area (Å²) >= 11 is 1.62. The van der Waals surface area contributed by atoms with Crippen molar-refractivity contribution in [2.45, 2.75) is 39.8 Å². The lowest BCUT2D eigenvalue weighted by Crippen LogP contribution is -2.31. The van der Waals surface area contributed by atoms with E-state index >= 15 is 0 Å². The molecule has 1 aromatic carbocycles. The summed E-state index contributed by atoms with van der Waals surface area (Å²) in [5, 5.41) is 12.1. The van der Waals surface area contributed by atoms with Crippen LogP contribution in [0, 0.1) is 6.92 Å². The van der Waals surface area contributed by atoms with Gasteiger partial charge in [-0.15, -0.1) is 11.3 Å². The van der Waals surface area contributed by atoms with Crippen LogP contribution in [0.4, 0.5) is 0 Å². The number of aromatic nitrogens is 4. The van der Waals surface area contributed by atoms with Gasteiger partial charge in [0.25, 0.3) is 5.56 Å². The van der Waals surface area contributed by atoms with Gasteiger partial charge in [-0.05, 0) is 50.3 Å². The maximum atomic E-state index is 13.3. The monoisotopic (exact) mass is 378 g/mol. The molecule has 0 saturated carbocycles. The normalized spacial score (nSPS) is 12.0. The molecule has 5 nitrogen and oxygen atoms in total. The highest BCUT2D eigenvalue weighted by molar-refractivity contribution is 7.13. The topological polar surface area (TPSA) is 52.7 Å². The second-order valence-electron chi connectivity index (χ2n) is 7.70. The Labute approximate surface area is 161 Å². The molecular formula is C21H22N4OS. The van der Waals surface area contributed by atoms with Crippen molar-refractivity contribution in [1.82, 2.24) is 19.6 Å². The molecule has 0 spiro atoms. The zero-order valence-electron chi connectivity index (χ0n) is 15.9. The second-order valence-corrected chi connectivity index (χ2v) is 8.65. The number of rotatable bonds is 3. The maximum Gasteiger partial charge on any atom is 0.293 e. The molecule has 4 aromatic rings. The molecule has 0 aliphatic heterocycles. The SMILES string of the molecule is Cc1ccccc1Cn1nc(-c2cccs2)c2cnn(C(C)(C)C)c2c1=O. The zero-order valence-corrected chi connectivity index (χ0v) is 16.7. The van der Waals surface area contributed by atoms with Crippen molar-refractivity contribution in [3.8, 4) is 10.6 Å². The molecule has 138 valence electrons. The minimum atomic E-state index is -0.296. The second kappa shape index (κ2) is 6.46. The van der Waals surface area contributed by atoms with Gasteiger partial charge in [0.2, 0.25) is 0 Å². The van der Waals surface area contributed by atoms with Crippen molar-refractivity contribution in [1.29, 1.82) is 0 Å². The lowest BCUT2D eigenvalue weighted by atomic mass is 10.1. The van der Waals surface area contributed by atoms with Crippen LogP contribution in [0.3, 0.4) is 0 Å². The number of thiophene rings is 1. The van der Waals surface area contributed by atoms with Gasteiger partial charge in [-0.2, -0.15) is 10.2 Å². The third kappa shape index (κ3) is 3.10. The first kappa shape index (κ1) is 17.7. The largest absolute Gasteiger partial charge is 0.293 e. The first-order chi connectivity index (χ1) is 12.9. The standard InChI is InChI=1S/C21H22N4OS/c1-14-8-5-6-9-15(14)13-24-20(26)19-16(12-22-25(19)21(2,3)4)18(23-24)17-10-7-11-27-17/h5-12H,13H2,1-4H3. The summed E-state index contributed by atoms with van der Waals surface area (Å²) in [6.07, 6.45) is 1.77. The third-order valence-corrected chi connectivity index (χ3v) is 5.53. The van der Waals surface area contributed by atoms with E-state index in [-0.39, 0.29) is 11.1 Å². The van der Waals surface area contributed by atoms with Gasteiger partial charge < -0.3 is 0 Å². The minimum absolute atomic E-state index is 0.110. The Bertz CT molecular complexity index is 1160. The maximum absolute atomic E-state index is 13.3. The zero-order chi connectivity index (χ0) is 19.2. The molecular weight excluding hydrogens is 356 g/mol. The molecule has 0 atom stereocenters. The lowest BCUT2D eigenvalue weighted by molar-refractivity contribution is 0.366. The molecule has 0 unspecified atom stereocenters. The summed E-state index contributed by atoms with van der Waals surface area (Å²) in [6, 6.07) is 12.1. The van der Waals surface area contributed by atoms with Gasteiger partial charge in [0.15, 0.2) is 0 Å². The fourth-order valence-electron chi connectivity index (χ4n) is 3.23. The highest BCUT2D eigenvalue weighted by Gasteiger charge is 2.23. The van der Waals surface area contributed by atoms with E-state index in [4.69, 9.17) is 5.10 Å². The van der Waals surface area contributed by atoms with Crippen molar-refractivity contribution < 1.29 is 0 Å². The van der Waals surface area contributed by atoms with Gasteiger partial charge in [-0.3, -0.25) is 9.48 Å². The molecule has 0 saturated heterocycles. The van der Waals surface area contributed by atoms with Crippen molar-refractivity contribution >= 4 is 22.2 Å². The van der Waals surface area contributed by atoms with Crippen LogP contribution in [-0.2, 0) is 12.1 Å². The molecule has 3 heterocycles. The Morgan fingerprint density at radius 2 is 1.89 bits per heavy atom. The summed E-state index contributed by atoms with van der Waals surface area (Å²) in [4.78, 5) is 14.4. The fourth-order valence-corrected chi connectivity index (χ4v) is 3.95. The highest BCUT2D eigenvalue weighted by Crippen LogP contribution is 2.30. The lowest BCUT2D eigenvalue weighted by Gasteiger charge is -2.20. The third-order valence-electron chi connectivity index (χ3n) is 4.65. The van der Waals surface area contributed by atoms with E-state index in [0.29, 0.717) is 12.1 Å². The van der Waals surface area contributed by atoms with Crippen LogP contribution in [0.2, 0.25) is 0 Å². The van der Waals surface area contributed by atoms with Gasteiger partial charge >= 0.3 is 0 Å². The summed E-state index contributed by atoms with van der Waals surface area (Å²) in [6.45, 7) is 8.65. The van der Waals surface area contributed by atoms with Crippen LogP contribution in [0.1, 0.15) is 31.9 Å². The molecule has 0 bridgehead atoms. The van der Waals surface area contributed by atoms with E-state index in [0.717, 1.165) is 27.1 Å². The molecule has 0 fully saturated rings. The van der Waals surface area contributed by atoms with Crippen LogP contribution in [0.15, 0.2) is 52.8 Å². The molecule has 4 rings (SSSR count). The molecule has 0 radical (unpaired) electrons. The summed E-state index contributed by atoms with van der Waals surface area (Å²) < 4.78 is 3.39. The number of fused-ring (bicyclic) bond motifs is 1. The predicted molar refractivity (Wildman–Crippen MR) is 110 cm³/mol. The van der Waals surface area contributed by atoms with Crippen LogP contribution < -0.4 is 5.56 Å². The Kier molecular flexibility index (Phi) is 4.23. The van der Waals surface area contributed by atoms with E-state index in [1.807, 2.05) is 40.4 Å². The quantitative estimate of drug-likeness (QED) is 0.530. The number of hydrogen-bond donors (Lipinski definition) is 0. The van der Waals surface area contributed by atoms with E-state index < -0.39 is 0 Å². The molecule has 0 N–H and O–H groups in total. The molecule has 6 heteroatoms. The highest BCUT2D eigenvalue weighted by atomic mass is 32.1. The van der Waals surface area contributed by atoms with E-state index in [1.165, 1.54) is 0 Å². The van der Waals surface area contributed by atoms with Crippen molar-refractivity contribution in [3.05, 3.63) is 69.5 Å². The van der Waals surface area contributed by atoms with E-state index in [9.17, 15) is 4.79 Å². The number of benzene rings is 1. The molecule has 0 aliphatic carbocycles. The smallest absolute Gasteiger partial charge is 0.265 e. The Morgan fingerprint density at radius 3 is 2.56 bits per heavy atom. The van der Waals surface area contributed by atoms with Crippen LogP contribution in [0.5, 0.6) is 0 Å². The predicted octanol–water partition coefficient (Wildman–Crippen LogP) is 4.43. The Balaban J connectivity index is 2.00. The average molecular weight is 379 g/mol. The van der Waals surface area contributed by atoms with Gasteiger partial charge in [0, 0.05) is 0 Å². The Morgan fingerprint density at radius 1 is 1.11 bits per heavy atom. The summed E-state index contributed by atoms with van der Waals surface area (Å²) in [5.74, 6) is 0. The van der Waals surface area contributed by atoms with E-state index in [2.05, 4.69) is 38.9 Å². The van der Waals surface area contributed by atoms with Gasteiger partial charge in [0.1, 0.15) is 11.2 Å². The van der Waals surface area contributed by atoms with Gasteiger partial charge in [0.05, 0.1) is 28.5 Å². The Hall–Kier alpha value is -2.73. The van der Waals surface area contributed by atoms with Crippen LogP contribution in [0.25, 0.3) is 21.5 Å². The van der Waals surface area contributed by atoms with Gasteiger partial charge in [-0.1, -0.05) is 30.3 Å². The van der Waals surface area contributed by atoms with E-state index in [1.54, 1.807) is 22.2 Å². The van der Waals surface area contributed by atoms with Crippen molar-refractivity contribution in [3.63, 3.8) is 0 Å². The minimum Gasteiger partial charge on any atom is -0.265 e. The molecule has 0 amide bonds.